The van der Waals surface area contributed by atoms with Crippen LogP contribution < -0.4 is 5.32 Å². The van der Waals surface area contributed by atoms with E-state index in [0.29, 0.717) is 23.0 Å². The molecule has 2 heterocycles. The maximum Gasteiger partial charge on any atom is 0.282 e. The fraction of sp³-hybridized carbons (Fsp3) is 0.391. The highest BCUT2D eigenvalue weighted by Gasteiger charge is 2.23. The van der Waals surface area contributed by atoms with E-state index in [-0.39, 0.29) is 18.8 Å². The topological polar surface area (TPSA) is 126 Å². The number of carbonyl (C=O) groups excluding carboxylic acids is 1. The zero-order valence-corrected chi connectivity index (χ0v) is 19.9. The summed E-state index contributed by atoms with van der Waals surface area (Å²) in [5.74, 6) is 0.370. The summed E-state index contributed by atoms with van der Waals surface area (Å²) in [7, 11) is 1.72. The summed E-state index contributed by atoms with van der Waals surface area (Å²) in [6, 6.07) is 14.7. The number of oxime groups is 1. The van der Waals surface area contributed by atoms with Crippen molar-refractivity contribution >= 4 is 17.4 Å². The van der Waals surface area contributed by atoms with Crippen LogP contribution in [-0.4, -0.2) is 55.3 Å². The van der Waals surface area contributed by atoms with Gasteiger partial charge in [-0.3, -0.25) is 4.79 Å². The van der Waals surface area contributed by atoms with E-state index in [1.165, 1.54) is 4.68 Å². The number of amides is 1. The zero-order valence-electron chi connectivity index (χ0n) is 19.9. The lowest BCUT2D eigenvalue weighted by Gasteiger charge is -2.22. The van der Waals surface area contributed by atoms with Crippen molar-refractivity contribution in [1.82, 2.24) is 25.2 Å². The van der Waals surface area contributed by atoms with Crippen LogP contribution in [0.3, 0.4) is 0 Å². The van der Waals surface area contributed by atoms with Gasteiger partial charge in [-0.15, -0.1) is 5.10 Å². The summed E-state index contributed by atoms with van der Waals surface area (Å²) >= 11 is 0. The minimum Gasteiger partial charge on any atom is -0.389 e. The molecule has 0 fully saturated rings. The second kappa shape index (κ2) is 12.0. The minimum atomic E-state index is -1.04. The molecule has 0 radical (unpaired) electrons. The number of nitrogens with zero attached hydrogens (tertiary/aromatic N) is 6. The summed E-state index contributed by atoms with van der Waals surface area (Å²) in [6.45, 7) is 7.41. The smallest absolute Gasteiger partial charge is 0.282 e. The number of rotatable bonds is 11. The van der Waals surface area contributed by atoms with Gasteiger partial charge in [0.1, 0.15) is 5.82 Å². The highest BCUT2D eigenvalue weighted by Crippen LogP contribution is 2.12. The van der Waals surface area contributed by atoms with Crippen molar-refractivity contribution in [1.29, 1.82) is 0 Å². The Balaban J connectivity index is 1.70. The first-order valence-electron chi connectivity index (χ1n) is 10.9. The third-order valence-electron chi connectivity index (χ3n) is 4.31. The molecule has 0 saturated carbocycles. The molecule has 0 saturated heterocycles. The van der Waals surface area contributed by atoms with Crippen molar-refractivity contribution in [2.45, 2.75) is 52.8 Å². The first-order valence-corrected chi connectivity index (χ1v) is 10.9. The Morgan fingerprint density at radius 2 is 1.74 bits per heavy atom. The number of aryl methyl sites for hydroxylation is 1. The molecule has 34 heavy (non-hydrogen) atoms. The van der Waals surface area contributed by atoms with E-state index < -0.39 is 12.2 Å². The average Bonchev–Trinajstić information content (AvgIpc) is 3.22. The van der Waals surface area contributed by atoms with Crippen LogP contribution in [-0.2, 0) is 32.8 Å². The molecule has 3 rings (SSSR count). The molecule has 0 aliphatic carbocycles. The molecule has 11 nitrogen and oxygen atoms in total. The number of hydrogen-bond acceptors (Lipinski definition) is 9. The van der Waals surface area contributed by atoms with Gasteiger partial charge >= 0.3 is 0 Å². The Kier molecular flexibility index (Phi) is 8.77. The molecule has 1 amide bonds. The Morgan fingerprint density at radius 1 is 1.03 bits per heavy atom. The highest BCUT2D eigenvalue weighted by molar-refractivity contribution is 6.10. The number of pyridine rings is 1. The fourth-order valence-corrected chi connectivity index (χ4v) is 2.88. The Hall–Kier alpha value is -3.70. The number of tetrazole rings is 1. The van der Waals surface area contributed by atoms with Gasteiger partial charge in [0.25, 0.3) is 5.91 Å². The van der Waals surface area contributed by atoms with Crippen molar-refractivity contribution < 1.29 is 19.1 Å². The molecule has 11 heteroatoms. The van der Waals surface area contributed by atoms with Gasteiger partial charge in [-0.1, -0.05) is 41.6 Å². The maximum absolute atomic E-state index is 12.6. The lowest BCUT2D eigenvalue weighted by molar-refractivity contribution is -0.187. The summed E-state index contributed by atoms with van der Waals surface area (Å²) < 4.78 is 12.7. The summed E-state index contributed by atoms with van der Waals surface area (Å²) in [5.41, 5.74) is 1.85. The number of aromatic nitrogens is 5. The number of nitrogens with one attached hydrogen (secondary N) is 1. The number of ether oxygens (including phenoxy) is 2. The summed E-state index contributed by atoms with van der Waals surface area (Å²) in [5, 5.41) is 18.6. The second-order valence-corrected chi connectivity index (χ2v) is 7.91. The van der Waals surface area contributed by atoms with Crippen molar-refractivity contribution in [2.75, 3.05) is 5.32 Å². The van der Waals surface area contributed by atoms with Crippen molar-refractivity contribution in [2.24, 2.45) is 12.2 Å². The molecule has 3 aromatic rings. The molecule has 0 unspecified atom stereocenters. The monoisotopic (exact) mass is 467 g/mol. The van der Waals surface area contributed by atoms with Gasteiger partial charge in [-0.05, 0) is 50.3 Å². The van der Waals surface area contributed by atoms with Crippen LogP contribution in [0.4, 0.5) is 5.82 Å². The Morgan fingerprint density at radius 3 is 2.35 bits per heavy atom. The molecule has 180 valence electrons. The van der Waals surface area contributed by atoms with Gasteiger partial charge in [0.15, 0.2) is 12.3 Å². The largest absolute Gasteiger partial charge is 0.389 e. The molecule has 0 spiro atoms. The van der Waals surface area contributed by atoms with Crippen molar-refractivity contribution in [3.63, 3.8) is 0 Å². The maximum atomic E-state index is 12.6. The Labute approximate surface area is 198 Å². The molecule has 1 aromatic carbocycles. The molecule has 0 bridgehead atoms. The number of anilines is 1. The fourth-order valence-electron chi connectivity index (χ4n) is 2.88. The van der Waals surface area contributed by atoms with Crippen molar-refractivity contribution in [3.05, 3.63) is 65.6 Å². The van der Waals surface area contributed by atoms with Gasteiger partial charge in [0.2, 0.25) is 12.1 Å². The molecule has 1 N–H and O–H groups in total. The lowest BCUT2D eigenvalue weighted by atomic mass is 10.1. The van der Waals surface area contributed by atoms with E-state index >= 15 is 0 Å². The third-order valence-corrected chi connectivity index (χ3v) is 4.31. The quantitative estimate of drug-likeness (QED) is 0.259. The number of hydrogen-bond donors (Lipinski definition) is 1. The van der Waals surface area contributed by atoms with Gasteiger partial charge in [0, 0.05) is 12.6 Å². The SMILES string of the molecule is CC(C)OC(OC(C)C)C(=O)Nc1cccc(CO/N=C(/c2ccccc2)c2nnnn2C)n1. The van der Waals surface area contributed by atoms with Gasteiger partial charge in [-0.2, -0.15) is 0 Å². The normalized spacial score (nSPS) is 11.9. The number of benzene rings is 1. The molecular formula is C23H29N7O4. The number of carbonyl (C=O) groups is 1. The zero-order chi connectivity index (χ0) is 24.5. The van der Waals surface area contributed by atoms with Crippen LogP contribution >= 0.6 is 0 Å². The standard InChI is InChI=1S/C23H29N7O4/c1-15(2)33-23(34-16(3)4)22(31)25-19-13-9-12-18(24-19)14-32-27-20(17-10-7-6-8-11-17)21-26-28-29-30(21)5/h6-13,15-16,23H,14H2,1-5H3,(H,24,25,31)/b27-20-. The summed E-state index contributed by atoms with van der Waals surface area (Å²) in [4.78, 5) is 22.6. The third kappa shape index (κ3) is 7.15. The van der Waals surface area contributed by atoms with Gasteiger partial charge in [-0.25, -0.2) is 9.67 Å². The first-order chi connectivity index (χ1) is 16.3. The highest BCUT2D eigenvalue weighted by atomic mass is 16.7. The van der Waals surface area contributed by atoms with E-state index in [2.05, 4.69) is 31.0 Å². The molecule has 2 aromatic heterocycles. The molecule has 0 atom stereocenters. The molecule has 0 aliphatic rings. The first kappa shape index (κ1) is 24.9. The predicted molar refractivity (Wildman–Crippen MR) is 125 cm³/mol. The second-order valence-electron chi connectivity index (χ2n) is 7.91. The van der Waals surface area contributed by atoms with Gasteiger partial charge in [0.05, 0.1) is 17.9 Å². The van der Waals surface area contributed by atoms with E-state index in [0.717, 1.165) is 5.56 Å². The van der Waals surface area contributed by atoms with E-state index in [4.69, 9.17) is 14.3 Å². The van der Waals surface area contributed by atoms with Crippen LogP contribution in [0.1, 0.15) is 44.8 Å². The van der Waals surface area contributed by atoms with Crippen LogP contribution in [0.25, 0.3) is 0 Å². The minimum absolute atomic E-state index is 0.0692. The lowest BCUT2D eigenvalue weighted by Crippen LogP contribution is -2.36. The van der Waals surface area contributed by atoms with E-state index in [9.17, 15) is 4.79 Å². The molecular weight excluding hydrogens is 438 g/mol. The predicted octanol–water partition coefficient (Wildman–Crippen LogP) is 2.69. The van der Waals surface area contributed by atoms with Crippen LogP contribution in [0.2, 0.25) is 0 Å². The van der Waals surface area contributed by atoms with Crippen LogP contribution in [0, 0.1) is 0 Å². The van der Waals surface area contributed by atoms with Crippen molar-refractivity contribution in [3.8, 4) is 0 Å². The van der Waals surface area contributed by atoms with Crippen LogP contribution in [0.15, 0.2) is 53.7 Å². The average molecular weight is 468 g/mol. The van der Waals surface area contributed by atoms with E-state index in [1.807, 2.05) is 58.0 Å². The molecule has 0 aliphatic heterocycles. The Bertz CT molecular complexity index is 1090. The van der Waals surface area contributed by atoms with Gasteiger partial charge < -0.3 is 19.6 Å². The van der Waals surface area contributed by atoms with E-state index in [1.54, 1.807) is 25.2 Å². The van der Waals surface area contributed by atoms with Crippen LogP contribution in [0.5, 0.6) is 0 Å². The summed E-state index contributed by atoms with van der Waals surface area (Å²) in [6.07, 6.45) is -1.40.